The zero-order valence-corrected chi connectivity index (χ0v) is 8.64. The molecule has 2 rings (SSSR count). The topological polar surface area (TPSA) is 66.6 Å². The van der Waals surface area contributed by atoms with Gasteiger partial charge in [-0.25, -0.2) is 0 Å². The molecule has 1 unspecified atom stereocenters. The van der Waals surface area contributed by atoms with E-state index in [9.17, 15) is 4.79 Å². The Hall–Kier alpha value is -1.36. The highest BCUT2D eigenvalue weighted by atomic mass is 16.5. The predicted octanol–water partition coefficient (Wildman–Crippen LogP) is 0.582. The molecule has 1 aliphatic rings. The van der Waals surface area contributed by atoms with Crippen molar-refractivity contribution in [1.29, 1.82) is 0 Å². The molecule has 1 N–H and O–H groups in total. The van der Waals surface area contributed by atoms with E-state index in [4.69, 9.17) is 9.63 Å². The van der Waals surface area contributed by atoms with E-state index in [1.165, 1.54) is 0 Å². The number of rotatable bonds is 3. The Bertz CT molecular complexity index is 361. The molecule has 82 valence electrons. The minimum absolute atomic E-state index is 0.00662. The maximum Gasteiger partial charge on any atom is 0.234 e. The van der Waals surface area contributed by atoms with Gasteiger partial charge in [-0.1, -0.05) is 12.1 Å². The number of hydrogen-bond acceptors (Lipinski definition) is 4. The van der Waals surface area contributed by atoms with Gasteiger partial charge >= 0.3 is 0 Å². The van der Waals surface area contributed by atoms with Gasteiger partial charge in [-0.15, -0.1) is 0 Å². The fraction of sp³-hybridized carbons (Fsp3) is 0.600. The van der Waals surface area contributed by atoms with Crippen LogP contribution in [0, 0.1) is 5.92 Å². The van der Waals surface area contributed by atoms with Crippen LogP contribution >= 0.6 is 0 Å². The first-order chi connectivity index (χ1) is 7.24. The summed E-state index contributed by atoms with van der Waals surface area (Å²) >= 11 is 0. The minimum Gasteiger partial charge on any atom is -0.396 e. The summed E-state index contributed by atoms with van der Waals surface area (Å²) in [6.07, 6.45) is 1.17. The van der Waals surface area contributed by atoms with E-state index in [0.29, 0.717) is 18.8 Å². The van der Waals surface area contributed by atoms with Gasteiger partial charge in [0.1, 0.15) is 0 Å². The van der Waals surface area contributed by atoms with Crippen LogP contribution in [0.3, 0.4) is 0 Å². The molecule has 1 aliphatic heterocycles. The zero-order chi connectivity index (χ0) is 10.8. The fourth-order valence-electron chi connectivity index (χ4n) is 1.71. The van der Waals surface area contributed by atoms with Crippen LogP contribution in [0.25, 0.3) is 0 Å². The van der Waals surface area contributed by atoms with Gasteiger partial charge in [-0.3, -0.25) is 9.69 Å². The predicted molar refractivity (Wildman–Crippen MR) is 53.4 cm³/mol. The third-order valence-corrected chi connectivity index (χ3v) is 2.64. The van der Waals surface area contributed by atoms with E-state index in [1.54, 1.807) is 11.0 Å². The summed E-state index contributed by atoms with van der Waals surface area (Å²) in [4.78, 5) is 13.1. The Kier molecular flexibility index (Phi) is 2.73. The van der Waals surface area contributed by atoms with E-state index in [2.05, 4.69) is 5.16 Å². The number of hydrogen-bond donors (Lipinski definition) is 1. The minimum atomic E-state index is -0.00662. The van der Waals surface area contributed by atoms with Gasteiger partial charge in [0.15, 0.2) is 0 Å². The molecule has 1 atom stereocenters. The number of amides is 1. The quantitative estimate of drug-likeness (QED) is 0.792. The molecule has 0 aromatic carbocycles. The number of nitrogens with zero attached hydrogens (tertiary/aromatic N) is 2. The highest BCUT2D eigenvalue weighted by Crippen LogP contribution is 2.25. The Morgan fingerprint density at radius 2 is 2.53 bits per heavy atom. The van der Waals surface area contributed by atoms with E-state index in [0.717, 1.165) is 12.1 Å². The highest BCUT2D eigenvalue weighted by Gasteiger charge is 2.32. The summed E-state index contributed by atoms with van der Waals surface area (Å²) in [6.45, 7) is 2.54. The van der Waals surface area contributed by atoms with Crippen molar-refractivity contribution < 1.29 is 14.4 Å². The van der Waals surface area contributed by atoms with Gasteiger partial charge in [-0.2, -0.15) is 0 Å². The van der Waals surface area contributed by atoms with Crippen molar-refractivity contribution >= 4 is 11.8 Å². The number of carbonyl (C=O) groups is 1. The number of aliphatic hydroxyl groups is 1. The Morgan fingerprint density at radius 3 is 3.07 bits per heavy atom. The molecular weight excluding hydrogens is 196 g/mol. The molecule has 2 heterocycles. The Balaban J connectivity index is 2.14. The molecule has 1 aromatic heterocycles. The first-order valence-corrected chi connectivity index (χ1v) is 5.11. The average molecular weight is 210 g/mol. The summed E-state index contributed by atoms with van der Waals surface area (Å²) in [5, 5.41) is 12.8. The maximum absolute atomic E-state index is 11.6. The smallest absolute Gasteiger partial charge is 0.234 e. The maximum atomic E-state index is 11.6. The molecule has 1 saturated heterocycles. The molecular formula is C10H14N2O3. The van der Waals surface area contributed by atoms with Gasteiger partial charge in [0.2, 0.25) is 11.8 Å². The lowest BCUT2D eigenvalue weighted by atomic mass is 10.1. The van der Waals surface area contributed by atoms with Crippen molar-refractivity contribution in [2.75, 3.05) is 18.1 Å². The summed E-state index contributed by atoms with van der Waals surface area (Å²) in [5.41, 5.74) is 0.838. The molecule has 1 aromatic rings. The van der Waals surface area contributed by atoms with E-state index in [1.807, 2.05) is 6.92 Å². The lowest BCUT2D eigenvalue weighted by Crippen LogP contribution is -2.24. The lowest BCUT2D eigenvalue weighted by Gasteiger charge is -2.10. The summed E-state index contributed by atoms with van der Waals surface area (Å²) < 4.78 is 5.08. The van der Waals surface area contributed by atoms with Crippen molar-refractivity contribution in [1.82, 2.24) is 5.16 Å². The van der Waals surface area contributed by atoms with E-state index in [-0.39, 0.29) is 18.4 Å². The Morgan fingerprint density at radius 1 is 1.73 bits per heavy atom. The van der Waals surface area contributed by atoms with Crippen LogP contribution < -0.4 is 4.90 Å². The molecule has 5 heteroatoms. The standard InChI is InChI=1S/C10H14N2O3/c1-2-8-4-10(15-11-8)12-5-7(6-13)3-9(12)14/h4,7,13H,2-3,5-6H2,1H3. The number of aliphatic hydroxyl groups excluding tert-OH is 1. The largest absolute Gasteiger partial charge is 0.396 e. The third kappa shape index (κ3) is 1.87. The number of anilines is 1. The van der Waals surface area contributed by atoms with Crippen molar-refractivity contribution in [3.05, 3.63) is 11.8 Å². The summed E-state index contributed by atoms with van der Waals surface area (Å²) in [7, 11) is 0. The zero-order valence-electron chi connectivity index (χ0n) is 8.64. The number of carbonyl (C=O) groups excluding carboxylic acids is 1. The van der Waals surface area contributed by atoms with Gasteiger partial charge in [0, 0.05) is 31.6 Å². The Labute approximate surface area is 87.7 Å². The second-order valence-corrected chi connectivity index (χ2v) is 3.77. The van der Waals surface area contributed by atoms with Crippen molar-refractivity contribution in [2.45, 2.75) is 19.8 Å². The molecule has 5 nitrogen and oxygen atoms in total. The van der Waals surface area contributed by atoms with Gasteiger partial charge in [0.05, 0.1) is 5.69 Å². The second-order valence-electron chi connectivity index (χ2n) is 3.77. The van der Waals surface area contributed by atoms with Gasteiger partial charge < -0.3 is 9.63 Å². The lowest BCUT2D eigenvalue weighted by molar-refractivity contribution is -0.117. The number of aryl methyl sites for hydroxylation is 1. The van der Waals surface area contributed by atoms with Crippen LogP contribution in [0.1, 0.15) is 19.0 Å². The van der Waals surface area contributed by atoms with Crippen molar-refractivity contribution in [2.24, 2.45) is 5.92 Å². The van der Waals surface area contributed by atoms with Crippen LogP contribution in [0.4, 0.5) is 5.88 Å². The molecule has 0 spiro atoms. The van der Waals surface area contributed by atoms with Crippen LogP contribution in [-0.2, 0) is 11.2 Å². The first kappa shape index (κ1) is 10.2. The molecule has 0 radical (unpaired) electrons. The third-order valence-electron chi connectivity index (χ3n) is 2.64. The molecule has 15 heavy (non-hydrogen) atoms. The first-order valence-electron chi connectivity index (χ1n) is 5.11. The molecule has 1 amide bonds. The van der Waals surface area contributed by atoms with Gasteiger partial charge in [-0.05, 0) is 6.42 Å². The number of aromatic nitrogens is 1. The molecule has 0 saturated carbocycles. The summed E-state index contributed by atoms with van der Waals surface area (Å²) in [5.74, 6) is 0.508. The average Bonchev–Trinajstić information content (AvgIpc) is 2.83. The molecule has 0 bridgehead atoms. The normalized spacial score (nSPS) is 21.3. The molecule has 0 aliphatic carbocycles. The fourth-order valence-corrected chi connectivity index (χ4v) is 1.71. The van der Waals surface area contributed by atoms with Crippen LogP contribution in [0.15, 0.2) is 10.6 Å². The SMILES string of the molecule is CCc1cc(N2CC(CO)CC2=O)on1. The van der Waals surface area contributed by atoms with E-state index < -0.39 is 0 Å². The van der Waals surface area contributed by atoms with Gasteiger partial charge in [0.25, 0.3) is 0 Å². The van der Waals surface area contributed by atoms with Crippen LogP contribution in [0.5, 0.6) is 0 Å². The molecule has 1 fully saturated rings. The van der Waals surface area contributed by atoms with E-state index >= 15 is 0 Å². The monoisotopic (exact) mass is 210 g/mol. The second kappa shape index (κ2) is 4.02. The summed E-state index contributed by atoms with van der Waals surface area (Å²) in [6, 6.07) is 1.78. The van der Waals surface area contributed by atoms with Crippen LogP contribution in [0.2, 0.25) is 0 Å². The van der Waals surface area contributed by atoms with Crippen molar-refractivity contribution in [3.8, 4) is 0 Å². The van der Waals surface area contributed by atoms with Crippen molar-refractivity contribution in [3.63, 3.8) is 0 Å². The highest BCUT2D eigenvalue weighted by molar-refractivity contribution is 5.94. The van der Waals surface area contributed by atoms with Crippen LogP contribution in [-0.4, -0.2) is 29.3 Å².